The van der Waals surface area contributed by atoms with Crippen LogP contribution in [-0.4, -0.2) is 53.4 Å². The third-order valence-corrected chi connectivity index (χ3v) is 4.71. The summed E-state index contributed by atoms with van der Waals surface area (Å²) in [6.07, 6.45) is 1.95. The van der Waals surface area contributed by atoms with E-state index in [4.69, 9.17) is 10.5 Å². The number of rotatable bonds is 8. The van der Waals surface area contributed by atoms with Crippen molar-refractivity contribution >= 4 is 5.91 Å². The molecule has 0 bridgehead atoms. The first-order chi connectivity index (χ1) is 11.5. The quantitative estimate of drug-likeness (QED) is 0.655. The molecule has 4 N–H and O–H groups in total. The molecule has 1 aromatic carbocycles. The minimum absolute atomic E-state index is 0.000267. The summed E-state index contributed by atoms with van der Waals surface area (Å²) in [5, 5.41) is 20.2. The maximum Gasteiger partial charge on any atom is 0.255 e. The lowest BCUT2D eigenvalue weighted by molar-refractivity contribution is -0.119. The molecule has 0 radical (unpaired) electrons. The molecule has 2 rings (SSSR count). The fourth-order valence-electron chi connectivity index (χ4n) is 3.50. The monoisotopic (exact) mass is 336 g/mol. The van der Waals surface area contributed by atoms with Crippen molar-refractivity contribution in [3.63, 3.8) is 0 Å². The molecule has 1 aliphatic heterocycles. The summed E-state index contributed by atoms with van der Waals surface area (Å²) < 4.78 is 5.34. The van der Waals surface area contributed by atoms with E-state index in [1.54, 1.807) is 6.07 Å². The smallest absolute Gasteiger partial charge is 0.255 e. The number of amides is 1. The zero-order valence-electron chi connectivity index (χ0n) is 14.3. The molecular weight excluding hydrogens is 308 g/mol. The second kappa shape index (κ2) is 8.46. The number of carbonyl (C=O) groups is 1. The Morgan fingerprint density at radius 2 is 2.29 bits per heavy atom. The molecule has 24 heavy (non-hydrogen) atoms. The number of aliphatic hydroxyl groups excluding tert-OH is 2. The van der Waals surface area contributed by atoms with Crippen LogP contribution >= 0.6 is 0 Å². The summed E-state index contributed by atoms with van der Waals surface area (Å²) in [6.45, 7) is 4.11. The van der Waals surface area contributed by atoms with Crippen LogP contribution in [0.1, 0.15) is 31.7 Å². The molecule has 1 fully saturated rings. The van der Waals surface area contributed by atoms with Crippen LogP contribution in [0.4, 0.5) is 0 Å². The Labute approximate surface area is 143 Å². The molecule has 2 atom stereocenters. The summed E-state index contributed by atoms with van der Waals surface area (Å²) in [5.74, 6) is 0.114. The van der Waals surface area contributed by atoms with Gasteiger partial charge in [0.2, 0.25) is 0 Å². The fourth-order valence-corrected chi connectivity index (χ4v) is 3.50. The van der Waals surface area contributed by atoms with Crippen molar-refractivity contribution in [3.8, 4) is 5.75 Å². The predicted octanol–water partition coefficient (Wildman–Crippen LogP) is 0.896. The maximum absolute atomic E-state index is 10.8. The normalized spacial score (nSPS) is 24.7. The van der Waals surface area contributed by atoms with E-state index in [1.807, 2.05) is 18.2 Å². The molecule has 1 aromatic rings. The Balaban J connectivity index is 2.02. The molecule has 0 saturated carbocycles. The lowest BCUT2D eigenvalue weighted by Gasteiger charge is -2.45. The summed E-state index contributed by atoms with van der Waals surface area (Å²) in [5.41, 5.74) is 5.72. The lowest BCUT2D eigenvalue weighted by Crippen LogP contribution is -2.53. The van der Waals surface area contributed by atoms with Gasteiger partial charge in [0.25, 0.3) is 5.91 Å². The molecule has 0 unspecified atom stereocenters. The van der Waals surface area contributed by atoms with Gasteiger partial charge in [0.15, 0.2) is 6.61 Å². The number of nitrogens with zero attached hydrogens (tertiary/aromatic N) is 1. The molecule has 6 nitrogen and oxygen atoms in total. The number of aliphatic hydroxyl groups is 2. The Hall–Kier alpha value is -1.63. The van der Waals surface area contributed by atoms with E-state index in [0.717, 1.165) is 24.9 Å². The summed E-state index contributed by atoms with van der Waals surface area (Å²) in [6, 6.07) is 7.58. The first-order valence-electron chi connectivity index (χ1n) is 8.50. The summed E-state index contributed by atoms with van der Waals surface area (Å²) in [7, 11) is 0. The number of hydrogen-bond acceptors (Lipinski definition) is 5. The summed E-state index contributed by atoms with van der Waals surface area (Å²) >= 11 is 0. The van der Waals surface area contributed by atoms with Gasteiger partial charge in [-0.1, -0.05) is 25.5 Å². The van der Waals surface area contributed by atoms with Crippen LogP contribution in [0.2, 0.25) is 0 Å². The molecule has 0 aliphatic carbocycles. The van der Waals surface area contributed by atoms with Crippen molar-refractivity contribution in [2.24, 2.45) is 11.1 Å². The van der Waals surface area contributed by atoms with Crippen molar-refractivity contribution in [1.82, 2.24) is 4.90 Å². The molecule has 1 amide bonds. The van der Waals surface area contributed by atoms with E-state index < -0.39 is 17.4 Å². The Morgan fingerprint density at radius 3 is 2.96 bits per heavy atom. The summed E-state index contributed by atoms with van der Waals surface area (Å²) in [4.78, 5) is 13.1. The fraction of sp³-hybridized carbons (Fsp3) is 0.611. The minimum Gasteiger partial charge on any atom is -0.484 e. The molecule has 1 saturated heterocycles. The number of piperidine rings is 1. The van der Waals surface area contributed by atoms with Crippen molar-refractivity contribution in [2.75, 3.05) is 26.3 Å². The van der Waals surface area contributed by atoms with E-state index >= 15 is 0 Å². The Morgan fingerprint density at radius 1 is 1.50 bits per heavy atom. The Bertz CT molecular complexity index is 552. The standard InChI is InChI=1S/C18H28N2O4/c1-2-7-18(13-21)12-20(8-6-16(18)22)10-14-4-3-5-15(9-14)24-11-17(19)23/h3-5,9,16,21-22H,2,6-8,10-13H2,1H3,(H2,19,23)/t16-,18-/m0/s1. The van der Waals surface area contributed by atoms with Crippen LogP contribution in [-0.2, 0) is 11.3 Å². The van der Waals surface area contributed by atoms with Crippen LogP contribution < -0.4 is 10.5 Å². The van der Waals surface area contributed by atoms with E-state index in [-0.39, 0.29) is 13.2 Å². The SMILES string of the molecule is CCC[C@@]1(CO)CN(Cc2cccc(OCC(N)=O)c2)CC[C@@H]1O. The number of nitrogens with two attached hydrogens (primary N) is 1. The van der Waals surface area contributed by atoms with Crippen molar-refractivity contribution in [2.45, 2.75) is 38.8 Å². The van der Waals surface area contributed by atoms with E-state index in [1.165, 1.54) is 0 Å². The predicted molar refractivity (Wildman–Crippen MR) is 91.5 cm³/mol. The third-order valence-electron chi connectivity index (χ3n) is 4.71. The van der Waals surface area contributed by atoms with Gasteiger partial charge in [-0.2, -0.15) is 0 Å². The van der Waals surface area contributed by atoms with Gasteiger partial charge in [-0.25, -0.2) is 0 Å². The average molecular weight is 336 g/mol. The number of benzene rings is 1. The topological polar surface area (TPSA) is 96.0 Å². The van der Waals surface area contributed by atoms with Gasteiger partial charge in [0.1, 0.15) is 5.75 Å². The van der Waals surface area contributed by atoms with E-state index in [9.17, 15) is 15.0 Å². The largest absolute Gasteiger partial charge is 0.484 e. The van der Waals surface area contributed by atoms with E-state index in [0.29, 0.717) is 25.3 Å². The molecule has 6 heteroatoms. The van der Waals surface area contributed by atoms with Gasteiger partial charge < -0.3 is 20.7 Å². The van der Waals surface area contributed by atoms with Gasteiger partial charge >= 0.3 is 0 Å². The van der Waals surface area contributed by atoms with Crippen LogP contribution in [0.5, 0.6) is 5.75 Å². The zero-order chi connectivity index (χ0) is 17.6. The molecule has 1 aliphatic rings. The number of hydrogen-bond donors (Lipinski definition) is 3. The van der Waals surface area contributed by atoms with Crippen molar-refractivity contribution in [3.05, 3.63) is 29.8 Å². The highest BCUT2D eigenvalue weighted by Crippen LogP contribution is 2.35. The molecule has 134 valence electrons. The second-order valence-electron chi connectivity index (χ2n) is 6.69. The van der Waals surface area contributed by atoms with Crippen molar-refractivity contribution in [1.29, 1.82) is 0 Å². The number of primary amides is 1. The van der Waals surface area contributed by atoms with Gasteiger partial charge in [-0.05, 0) is 30.5 Å². The van der Waals surface area contributed by atoms with Crippen LogP contribution in [0.15, 0.2) is 24.3 Å². The lowest BCUT2D eigenvalue weighted by atomic mass is 9.74. The molecule has 1 heterocycles. The number of carbonyl (C=O) groups excluding carboxylic acids is 1. The molecule has 0 aromatic heterocycles. The first kappa shape index (κ1) is 18.7. The van der Waals surface area contributed by atoms with Gasteiger partial charge in [-0.3, -0.25) is 9.69 Å². The maximum atomic E-state index is 10.8. The number of ether oxygens (including phenoxy) is 1. The Kier molecular flexibility index (Phi) is 6.60. The highest BCUT2D eigenvalue weighted by atomic mass is 16.5. The third kappa shape index (κ3) is 4.69. The zero-order valence-corrected chi connectivity index (χ0v) is 14.3. The molecule has 0 spiro atoms. The van der Waals surface area contributed by atoms with E-state index in [2.05, 4.69) is 11.8 Å². The van der Waals surface area contributed by atoms with Crippen LogP contribution in [0.25, 0.3) is 0 Å². The van der Waals surface area contributed by atoms with Gasteiger partial charge in [0, 0.05) is 25.0 Å². The highest BCUT2D eigenvalue weighted by molar-refractivity contribution is 5.75. The van der Waals surface area contributed by atoms with Gasteiger partial charge in [-0.15, -0.1) is 0 Å². The van der Waals surface area contributed by atoms with Crippen LogP contribution in [0.3, 0.4) is 0 Å². The minimum atomic E-state index is -0.502. The van der Waals surface area contributed by atoms with Crippen LogP contribution in [0, 0.1) is 5.41 Å². The second-order valence-corrected chi connectivity index (χ2v) is 6.69. The highest BCUT2D eigenvalue weighted by Gasteiger charge is 2.41. The van der Waals surface area contributed by atoms with Gasteiger partial charge in [0.05, 0.1) is 12.7 Å². The first-order valence-corrected chi connectivity index (χ1v) is 8.50. The average Bonchev–Trinajstić information content (AvgIpc) is 2.56. The number of likely N-dealkylation sites (tertiary alicyclic amines) is 1. The van der Waals surface area contributed by atoms with Crippen molar-refractivity contribution < 1.29 is 19.7 Å². The molecular formula is C18H28N2O4.